The average molecular weight is 688 g/mol. The Morgan fingerprint density at radius 2 is 1.45 bits per heavy atom. The first kappa shape index (κ1) is 36.8. The predicted molar refractivity (Wildman–Crippen MR) is 191 cm³/mol. The van der Waals surface area contributed by atoms with Gasteiger partial charge in [-0.3, -0.25) is 13.9 Å². The van der Waals surface area contributed by atoms with Gasteiger partial charge in [-0.25, -0.2) is 8.42 Å². The van der Waals surface area contributed by atoms with Crippen molar-refractivity contribution >= 4 is 27.5 Å². The summed E-state index contributed by atoms with van der Waals surface area (Å²) in [5, 5.41) is 3.00. The third-order valence-corrected chi connectivity index (χ3v) is 9.77. The summed E-state index contributed by atoms with van der Waals surface area (Å²) in [4.78, 5) is 30.2. The van der Waals surface area contributed by atoms with Crippen molar-refractivity contribution < 1.29 is 32.2 Å². The molecule has 0 aliphatic heterocycles. The molecule has 49 heavy (non-hydrogen) atoms. The van der Waals surface area contributed by atoms with Gasteiger partial charge in [-0.15, -0.1) is 0 Å². The standard InChI is InChI=1S/C38H45N3O7S/c1-27(2)24-39-38(43)34(22-29-11-8-7-9-12-29)40(25-30-13-10-14-32(21-30)46-4)37(42)26-41(31-17-20-35(47-5)36(23-31)48-6)49(44,45)33-18-15-28(3)16-19-33/h7-21,23,27,34H,22,24-26H2,1-6H3,(H,39,43). The van der Waals surface area contributed by atoms with E-state index >= 15 is 0 Å². The van der Waals surface area contributed by atoms with Crippen molar-refractivity contribution in [2.45, 2.75) is 44.7 Å². The van der Waals surface area contributed by atoms with Crippen molar-refractivity contribution in [2.75, 3.05) is 38.7 Å². The Morgan fingerprint density at radius 3 is 2.08 bits per heavy atom. The molecule has 0 fully saturated rings. The predicted octanol–water partition coefficient (Wildman–Crippen LogP) is 5.63. The fourth-order valence-corrected chi connectivity index (χ4v) is 6.70. The highest BCUT2D eigenvalue weighted by Gasteiger charge is 2.35. The van der Waals surface area contributed by atoms with E-state index < -0.39 is 28.5 Å². The lowest BCUT2D eigenvalue weighted by atomic mass is 10.0. The molecule has 2 amide bonds. The summed E-state index contributed by atoms with van der Waals surface area (Å²) >= 11 is 0. The summed E-state index contributed by atoms with van der Waals surface area (Å²) in [6, 6.07) is 26.8. The molecule has 10 nitrogen and oxygen atoms in total. The molecular formula is C38H45N3O7S. The maximum atomic E-state index is 14.7. The number of hydrogen-bond donors (Lipinski definition) is 1. The number of sulfonamides is 1. The first-order chi connectivity index (χ1) is 23.5. The molecule has 4 aromatic carbocycles. The normalized spacial score (nSPS) is 11.8. The molecule has 1 atom stereocenters. The number of nitrogens with zero attached hydrogens (tertiary/aromatic N) is 2. The van der Waals surface area contributed by atoms with Gasteiger partial charge in [0.1, 0.15) is 18.3 Å². The van der Waals surface area contributed by atoms with Crippen LogP contribution < -0.4 is 23.8 Å². The summed E-state index contributed by atoms with van der Waals surface area (Å²) in [7, 11) is 0.199. The number of amides is 2. The van der Waals surface area contributed by atoms with Crippen molar-refractivity contribution in [1.29, 1.82) is 0 Å². The SMILES string of the molecule is COc1cccc(CN(C(=O)CN(c2ccc(OC)c(OC)c2)S(=O)(=O)c2ccc(C)cc2)C(Cc2ccccc2)C(=O)NCC(C)C)c1. The van der Waals surface area contributed by atoms with E-state index in [4.69, 9.17) is 14.2 Å². The first-order valence-corrected chi connectivity index (χ1v) is 17.5. The second kappa shape index (κ2) is 16.9. The Hall–Kier alpha value is -5.03. The van der Waals surface area contributed by atoms with Crippen molar-refractivity contribution in [2.24, 2.45) is 5.92 Å². The second-order valence-electron chi connectivity index (χ2n) is 12.1. The summed E-state index contributed by atoms with van der Waals surface area (Å²) in [5.74, 6) is 0.531. The third kappa shape index (κ3) is 9.54. The molecule has 0 aliphatic carbocycles. The Morgan fingerprint density at radius 1 is 0.776 bits per heavy atom. The number of nitrogens with one attached hydrogen (secondary N) is 1. The molecule has 11 heteroatoms. The van der Waals surface area contributed by atoms with Gasteiger partial charge in [0, 0.05) is 25.6 Å². The zero-order valence-corrected chi connectivity index (χ0v) is 29.7. The van der Waals surface area contributed by atoms with Crippen molar-refractivity contribution in [3.8, 4) is 17.2 Å². The third-order valence-electron chi connectivity index (χ3n) is 7.99. The van der Waals surface area contributed by atoms with Crippen LogP contribution in [0.3, 0.4) is 0 Å². The van der Waals surface area contributed by atoms with Gasteiger partial charge < -0.3 is 24.4 Å². The molecule has 0 heterocycles. The van der Waals surface area contributed by atoms with Gasteiger partial charge in [0.25, 0.3) is 10.0 Å². The van der Waals surface area contributed by atoms with E-state index in [2.05, 4.69) is 5.32 Å². The highest BCUT2D eigenvalue weighted by atomic mass is 32.2. The van der Waals surface area contributed by atoms with Gasteiger partial charge in [-0.1, -0.05) is 74.0 Å². The van der Waals surface area contributed by atoms with E-state index in [1.165, 1.54) is 37.3 Å². The quantitative estimate of drug-likeness (QED) is 0.163. The minimum atomic E-state index is -4.28. The molecule has 0 radical (unpaired) electrons. The van der Waals surface area contributed by atoms with Gasteiger partial charge in [0.05, 0.1) is 31.9 Å². The van der Waals surface area contributed by atoms with E-state index in [1.54, 1.807) is 49.6 Å². The largest absolute Gasteiger partial charge is 0.497 e. The van der Waals surface area contributed by atoms with E-state index in [9.17, 15) is 18.0 Å². The summed E-state index contributed by atoms with van der Waals surface area (Å²) in [5.41, 5.74) is 2.63. The summed E-state index contributed by atoms with van der Waals surface area (Å²) in [6.45, 7) is 5.67. The molecule has 1 N–H and O–H groups in total. The number of carbonyl (C=O) groups is 2. The van der Waals surface area contributed by atoms with Gasteiger partial charge in [0.2, 0.25) is 11.8 Å². The average Bonchev–Trinajstić information content (AvgIpc) is 3.11. The van der Waals surface area contributed by atoms with Crippen LogP contribution in [0, 0.1) is 12.8 Å². The number of benzene rings is 4. The monoisotopic (exact) mass is 687 g/mol. The minimum Gasteiger partial charge on any atom is -0.497 e. The van der Waals surface area contributed by atoms with Crippen LogP contribution in [-0.4, -0.2) is 65.6 Å². The maximum absolute atomic E-state index is 14.7. The van der Waals surface area contributed by atoms with Crippen molar-refractivity contribution in [3.05, 3.63) is 114 Å². The van der Waals surface area contributed by atoms with E-state index in [1.807, 2.05) is 57.2 Å². The number of carbonyl (C=O) groups excluding carboxylic acids is 2. The first-order valence-electron chi connectivity index (χ1n) is 16.0. The number of anilines is 1. The summed E-state index contributed by atoms with van der Waals surface area (Å²) in [6.07, 6.45) is 0.210. The molecular weight excluding hydrogens is 642 g/mol. The van der Waals surface area contributed by atoms with E-state index in [-0.39, 0.29) is 35.4 Å². The van der Waals surface area contributed by atoms with E-state index in [0.29, 0.717) is 29.4 Å². The van der Waals surface area contributed by atoms with Gasteiger partial charge in [0.15, 0.2) is 11.5 Å². The number of aryl methyl sites for hydroxylation is 1. The van der Waals surface area contributed by atoms with Crippen LogP contribution in [0.15, 0.2) is 102 Å². The van der Waals surface area contributed by atoms with Crippen LogP contribution in [0.1, 0.15) is 30.5 Å². The molecule has 0 aromatic heterocycles. The van der Waals surface area contributed by atoms with Crippen LogP contribution in [0.25, 0.3) is 0 Å². The van der Waals surface area contributed by atoms with Crippen LogP contribution in [-0.2, 0) is 32.6 Å². The second-order valence-corrected chi connectivity index (χ2v) is 13.9. The maximum Gasteiger partial charge on any atom is 0.264 e. The number of ether oxygens (including phenoxy) is 3. The van der Waals surface area contributed by atoms with Crippen molar-refractivity contribution in [3.63, 3.8) is 0 Å². The van der Waals surface area contributed by atoms with Gasteiger partial charge >= 0.3 is 0 Å². The Labute approximate surface area is 289 Å². The molecule has 0 saturated carbocycles. The Balaban J connectivity index is 1.85. The lowest BCUT2D eigenvalue weighted by molar-refractivity contribution is -0.140. The highest BCUT2D eigenvalue weighted by molar-refractivity contribution is 7.92. The molecule has 4 aromatic rings. The fraction of sp³-hybridized carbons (Fsp3) is 0.316. The lowest BCUT2D eigenvalue weighted by Gasteiger charge is -2.34. The zero-order valence-electron chi connectivity index (χ0n) is 28.9. The van der Waals surface area contributed by atoms with Gasteiger partial charge in [-0.05, 0) is 60.4 Å². The molecule has 1 unspecified atom stereocenters. The molecule has 4 rings (SSSR count). The zero-order chi connectivity index (χ0) is 35.6. The topological polar surface area (TPSA) is 114 Å². The number of hydrogen-bond acceptors (Lipinski definition) is 7. The smallest absolute Gasteiger partial charge is 0.264 e. The van der Waals surface area contributed by atoms with Crippen LogP contribution in [0.5, 0.6) is 17.2 Å². The molecule has 0 aliphatic rings. The lowest BCUT2D eigenvalue weighted by Crippen LogP contribution is -2.53. The molecule has 0 bridgehead atoms. The number of methoxy groups -OCH3 is 3. The van der Waals surface area contributed by atoms with E-state index in [0.717, 1.165) is 15.4 Å². The fourth-order valence-electron chi connectivity index (χ4n) is 5.29. The van der Waals surface area contributed by atoms with Gasteiger partial charge in [-0.2, -0.15) is 0 Å². The van der Waals surface area contributed by atoms with Crippen LogP contribution in [0.4, 0.5) is 5.69 Å². The van der Waals surface area contributed by atoms with Crippen molar-refractivity contribution in [1.82, 2.24) is 10.2 Å². The van der Waals surface area contributed by atoms with Crippen LogP contribution >= 0.6 is 0 Å². The molecule has 0 saturated heterocycles. The molecule has 0 spiro atoms. The minimum absolute atomic E-state index is 0.00976. The molecule has 260 valence electrons. The number of rotatable bonds is 16. The Kier molecular flexibility index (Phi) is 12.7. The summed E-state index contributed by atoms with van der Waals surface area (Å²) < 4.78 is 46.1. The highest BCUT2D eigenvalue weighted by Crippen LogP contribution is 2.34. The van der Waals surface area contributed by atoms with Crippen LogP contribution in [0.2, 0.25) is 0 Å². The Bertz CT molecular complexity index is 1810.